The normalized spacial score (nSPS) is 13.3. The Morgan fingerprint density at radius 1 is 0.439 bits per heavy atom. The van der Waals surface area contributed by atoms with Gasteiger partial charge in [-0.2, -0.15) is 0 Å². The number of nitrogens with zero attached hydrogens (tertiary/aromatic N) is 1. The average molecular weight is 524 g/mol. The lowest BCUT2D eigenvalue weighted by molar-refractivity contribution is 0.660. The van der Waals surface area contributed by atoms with Crippen LogP contribution in [0.2, 0.25) is 0 Å². The molecule has 0 unspecified atom stereocenters. The monoisotopic (exact) mass is 523 g/mol. The van der Waals surface area contributed by atoms with E-state index in [0.29, 0.717) is 0 Å². The third kappa shape index (κ3) is 3.59. The van der Waals surface area contributed by atoms with Crippen LogP contribution >= 0.6 is 0 Å². The zero-order chi connectivity index (χ0) is 27.6. The van der Waals surface area contributed by atoms with Crippen molar-refractivity contribution in [2.45, 2.75) is 19.3 Å². The maximum absolute atomic E-state index is 4.57. The minimum absolute atomic E-state index is 0.0301. The Morgan fingerprint density at radius 3 is 1.78 bits per heavy atom. The minimum Gasteiger partial charge on any atom is -0.264 e. The highest BCUT2D eigenvalue weighted by Crippen LogP contribution is 2.50. The fourth-order valence-electron chi connectivity index (χ4n) is 6.97. The van der Waals surface area contributed by atoms with Gasteiger partial charge >= 0.3 is 0 Å². The molecule has 1 heterocycles. The minimum atomic E-state index is -0.0301. The van der Waals surface area contributed by atoms with Gasteiger partial charge in [0.1, 0.15) is 0 Å². The van der Waals surface area contributed by atoms with Crippen LogP contribution in [0.1, 0.15) is 25.0 Å². The van der Waals surface area contributed by atoms with Crippen molar-refractivity contribution in [1.82, 2.24) is 4.98 Å². The van der Waals surface area contributed by atoms with Gasteiger partial charge in [0, 0.05) is 23.2 Å². The maximum Gasteiger partial charge on any atom is 0.0353 e. The van der Waals surface area contributed by atoms with Crippen molar-refractivity contribution in [2.75, 3.05) is 0 Å². The molecule has 0 radical (unpaired) electrons. The Kier molecular flexibility index (Phi) is 5.24. The van der Waals surface area contributed by atoms with Gasteiger partial charge in [0.15, 0.2) is 0 Å². The number of fused-ring (bicyclic) bond motifs is 5. The highest BCUT2D eigenvalue weighted by Gasteiger charge is 2.35. The van der Waals surface area contributed by atoms with Crippen molar-refractivity contribution in [3.63, 3.8) is 0 Å². The van der Waals surface area contributed by atoms with Crippen LogP contribution in [-0.2, 0) is 5.41 Å². The summed E-state index contributed by atoms with van der Waals surface area (Å²) in [6, 6.07) is 46.6. The van der Waals surface area contributed by atoms with Crippen LogP contribution in [-0.4, -0.2) is 4.98 Å². The van der Waals surface area contributed by atoms with Crippen LogP contribution in [0.15, 0.2) is 140 Å². The predicted octanol–water partition coefficient (Wildman–Crippen LogP) is 10.7. The number of pyridine rings is 1. The van der Waals surface area contributed by atoms with Crippen molar-refractivity contribution in [2.24, 2.45) is 0 Å². The first-order valence-corrected chi connectivity index (χ1v) is 14.3. The van der Waals surface area contributed by atoms with Gasteiger partial charge in [0.25, 0.3) is 0 Å². The van der Waals surface area contributed by atoms with Crippen molar-refractivity contribution < 1.29 is 0 Å². The van der Waals surface area contributed by atoms with Gasteiger partial charge in [-0.3, -0.25) is 4.98 Å². The van der Waals surface area contributed by atoms with Crippen LogP contribution in [0.4, 0.5) is 0 Å². The van der Waals surface area contributed by atoms with E-state index in [9.17, 15) is 0 Å². The molecule has 1 aliphatic carbocycles. The smallest absolute Gasteiger partial charge is 0.0353 e. The topological polar surface area (TPSA) is 12.9 Å². The highest BCUT2D eigenvalue weighted by atomic mass is 14.6. The van der Waals surface area contributed by atoms with Crippen LogP contribution in [0.3, 0.4) is 0 Å². The average Bonchev–Trinajstić information content (AvgIpc) is 3.26. The second kappa shape index (κ2) is 9.01. The summed E-state index contributed by atoms with van der Waals surface area (Å²) in [5.74, 6) is 0. The molecule has 194 valence electrons. The first-order valence-electron chi connectivity index (χ1n) is 14.3. The van der Waals surface area contributed by atoms with Crippen molar-refractivity contribution in [3.05, 3.63) is 151 Å². The van der Waals surface area contributed by atoms with Crippen molar-refractivity contribution in [3.8, 4) is 44.5 Å². The molecule has 0 N–H and O–H groups in total. The molecule has 0 saturated carbocycles. The zero-order valence-corrected chi connectivity index (χ0v) is 23.2. The second-order valence-corrected chi connectivity index (χ2v) is 11.6. The number of benzene rings is 6. The summed E-state index contributed by atoms with van der Waals surface area (Å²) in [5.41, 5.74) is 12.9. The molecule has 7 aromatic rings. The molecule has 0 amide bonds. The second-order valence-electron chi connectivity index (χ2n) is 11.6. The molecule has 8 rings (SSSR count). The molecule has 41 heavy (non-hydrogen) atoms. The van der Waals surface area contributed by atoms with E-state index >= 15 is 0 Å². The molecule has 0 atom stereocenters. The largest absolute Gasteiger partial charge is 0.264 e. The summed E-state index contributed by atoms with van der Waals surface area (Å²) in [7, 11) is 0. The predicted molar refractivity (Wildman–Crippen MR) is 173 cm³/mol. The van der Waals surface area contributed by atoms with Gasteiger partial charge in [-0.1, -0.05) is 123 Å². The van der Waals surface area contributed by atoms with E-state index in [4.69, 9.17) is 0 Å². The summed E-state index contributed by atoms with van der Waals surface area (Å²) < 4.78 is 0. The van der Waals surface area contributed by atoms with Crippen LogP contribution in [0.25, 0.3) is 66.1 Å². The molecule has 6 aromatic carbocycles. The van der Waals surface area contributed by atoms with Crippen LogP contribution < -0.4 is 0 Å². The number of rotatable bonds is 3. The molecule has 0 bridgehead atoms. The summed E-state index contributed by atoms with van der Waals surface area (Å²) in [6.07, 6.45) is 3.94. The molecule has 1 aromatic heterocycles. The van der Waals surface area contributed by atoms with E-state index in [2.05, 4.69) is 146 Å². The van der Waals surface area contributed by atoms with Gasteiger partial charge in [-0.25, -0.2) is 0 Å². The molecule has 1 heteroatoms. The zero-order valence-electron chi connectivity index (χ0n) is 23.2. The summed E-state index contributed by atoms with van der Waals surface area (Å²) in [4.78, 5) is 4.57. The third-order valence-electron chi connectivity index (χ3n) is 8.96. The van der Waals surface area contributed by atoms with Gasteiger partial charge in [0.2, 0.25) is 0 Å². The highest BCUT2D eigenvalue weighted by molar-refractivity contribution is 6.21. The van der Waals surface area contributed by atoms with Crippen LogP contribution in [0.5, 0.6) is 0 Å². The summed E-state index contributed by atoms with van der Waals surface area (Å²) in [6.45, 7) is 4.70. The van der Waals surface area contributed by atoms with Gasteiger partial charge in [0.05, 0.1) is 0 Å². The lowest BCUT2D eigenvalue weighted by atomic mass is 9.81. The Morgan fingerprint density at radius 2 is 1.02 bits per heavy atom. The lowest BCUT2D eigenvalue weighted by Gasteiger charge is -2.22. The molecule has 0 saturated heterocycles. The first-order chi connectivity index (χ1) is 20.1. The Bertz CT molecular complexity index is 2100. The van der Waals surface area contributed by atoms with Crippen molar-refractivity contribution in [1.29, 1.82) is 0 Å². The SMILES string of the molecule is CC1(C)c2ccccc2-c2ccc(-c3ccc4c(-c5ccccc5)c5cnccc5c(-c5ccccc5)c4c3)cc21. The van der Waals surface area contributed by atoms with E-state index in [1.165, 1.54) is 77.2 Å². The molecule has 0 aliphatic heterocycles. The molecular formula is C40H29N. The standard InChI is InChI=1S/C40H29N/c1-40(2)36-16-10-9-15-30(36)31-19-17-29(24-37(31)40)28-18-20-32-34(23-28)38(26-11-5-3-6-12-26)33-21-22-41-25-35(33)39(32)27-13-7-4-8-14-27/h3-25H,1-2H3. The van der Waals surface area contributed by atoms with E-state index in [-0.39, 0.29) is 5.41 Å². The molecule has 0 fully saturated rings. The third-order valence-corrected chi connectivity index (χ3v) is 8.96. The fourth-order valence-corrected chi connectivity index (χ4v) is 6.97. The van der Waals surface area contributed by atoms with E-state index in [1.807, 2.05) is 12.4 Å². The quantitative estimate of drug-likeness (QED) is 0.210. The Balaban J connectivity index is 1.42. The van der Waals surface area contributed by atoms with E-state index < -0.39 is 0 Å². The summed E-state index contributed by atoms with van der Waals surface area (Å²) >= 11 is 0. The van der Waals surface area contributed by atoms with Crippen LogP contribution in [0, 0.1) is 0 Å². The Hall–Kier alpha value is -5.01. The molecular weight excluding hydrogens is 494 g/mol. The maximum atomic E-state index is 4.57. The fraction of sp³-hybridized carbons (Fsp3) is 0.0750. The van der Waals surface area contributed by atoms with Crippen molar-refractivity contribution >= 4 is 21.5 Å². The number of hydrogen-bond acceptors (Lipinski definition) is 1. The number of aromatic nitrogens is 1. The van der Waals surface area contributed by atoms with Gasteiger partial charge in [-0.05, 0) is 90.0 Å². The number of hydrogen-bond donors (Lipinski definition) is 0. The molecule has 1 aliphatic rings. The van der Waals surface area contributed by atoms with Gasteiger partial charge < -0.3 is 0 Å². The molecule has 1 nitrogen and oxygen atoms in total. The first kappa shape index (κ1) is 23.8. The van der Waals surface area contributed by atoms with E-state index in [1.54, 1.807) is 0 Å². The van der Waals surface area contributed by atoms with Gasteiger partial charge in [-0.15, -0.1) is 0 Å². The summed E-state index contributed by atoms with van der Waals surface area (Å²) in [5, 5.41) is 4.90. The molecule has 0 spiro atoms. The lowest BCUT2D eigenvalue weighted by Crippen LogP contribution is -2.14. The Labute approximate surface area is 240 Å². The van der Waals surface area contributed by atoms with E-state index in [0.717, 1.165) is 0 Å².